The molecule has 2 nitrogen and oxygen atoms in total. The van der Waals surface area contributed by atoms with Crippen molar-refractivity contribution in [3.63, 3.8) is 0 Å². The van der Waals surface area contributed by atoms with Gasteiger partial charge in [-0.25, -0.2) is 0 Å². The van der Waals surface area contributed by atoms with Gasteiger partial charge >= 0.3 is 0 Å². The highest BCUT2D eigenvalue weighted by Crippen LogP contribution is 2.36. The van der Waals surface area contributed by atoms with Crippen LogP contribution in [-0.2, 0) is 13.0 Å². The van der Waals surface area contributed by atoms with Crippen molar-refractivity contribution in [2.75, 3.05) is 0 Å². The monoisotopic (exact) mass is 314 g/mol. The van der Waals surface area contributed by atoms with Crippen LogP contribution in [0, 0.1) is 13.8 Å². The molecule has 1 aliphatic carbocycles. The van der Waals surface area contributed by atoms with E-state index < -0.39 is 0 Å². The molecule has 0 radical (unpaired) electrons. The number of nitrogens with zero attached hydrogens (tertiary/aromatic N) is 1. The molecule has 1 heterocycles. The molecule has 0 bridgehead atoms. The number of aromatic nitrogens is 1. The van der Waals surface area contributed by atoms with E-state index in [1.54, 1.807) is 0 Å². The molecule has 0 saturated heterocycles. The lowest BCUT2D eigenvalue weighted by Gasteiger charge is -2.05. The van der Waals surface area contributed by atoms with E-state index in [9.17, 15) is 4.79 Å². The molecule has 1 aliphatic rings. The zero-order chi connectivity index (χ0) is 16.7. The highest BCUT2D eigenvalue weighted by molar-refractivity contribution is 5.96. The minimum absolute atomic E-state index is 0.160. The van der Waals surface area contributed by atoms with Crippen molar-refractivity contribution >= 4 is 5.78 Å². The van der Waals surface area contributed by atoms with Gasteiger partial charge in [-0.1, -0.05) is 36.4 Å². The predicted octanol–water partition coefficient (Wildman–Crippen LogP) is 4.05. The van der Waals surface area contributed by atoms with E-state index >= 15 is 0 Å². The smallest absolute Gasteiger partial charge is 0.227 e. The van der Waals surface area contributed by atoms with Crippen molar-refractivity contribution < 1.29 is 9.36 Å². The van der Waals surface area contributed by atoms with Gasteiger partial charge in [-0.15, -0.1) is 0 Å². The summed E-state index contributed by atoms with van der Waals surface area (Å²) in [5, 5.41) is 0. The summed E-state index contributed by atoms with van der Waals surface area (Å²) in [5.74, 6) is 0.160. The second-order valence-electron chi connectivity index (χ2n) is 6.53. The van der Waals surface area contributed by atoms with Crippen molar-refractivity contribution in [2.24, 2.45) is 0 Å². The second-order valence-corrected chi connectivity index (χ2v) is 6.53. The number of hydrogen-bond donors (Lipinski definition) is 0. The lowest BCUT2D eigenvalue weighted by molar-refractivity contribution is -0.689. The zero-order valence-corrected chi connectivity index (χ0v) is 14.0. The molecular weight excluding hydrogens is 294 g/mol. The normalized spacial score (nSPS) is 11.9. The van der Waals surface area contributed by atoms with Crippen LogP contribution in [-0.4, -0.2) is 5.78 Å². The summed E-state index contributed by atoms with van der Waals surface area (Å²) >= 11 is 0. The molecule has 2 aromatic carbocycles. The van der Waals surface area contributed by atoms with Gasteiger partial charge < -0.3 is 0 Å². The van der Waals surface area contributed by atoms with Crippen molar-refractivity contribution in [3.05, 3.63) is 88.7 Å². The third-order valence-electron chi connectivity index (χ3n) is 5.04. The van der Waals surface area contributed by atoms with Gasteiger partial charge in [0.05, 0.1) is 0 Å². The maximum Gasteiger partial charge on any atom is 0.227 e. The molecule has 2 heteroatoms. The number of aryl methyl sites for hydroxylation is 1. The number of pyridine rings is 1. The third-order valence-corrected chi connectivity index (χ3v) is 5.04. The maximum atomic E-state index is 12.7. The van der Waals surface area contributed by atoms with E-state index in [1.807, 2.05) is 22.9 Å². The number of rotatable bonds is 3. The molecule has 0 spiro atoms. The van der Waals surface area contributed by atoms with Gasteiger partial charge in [0.15, 0.2) is 11.9 Å². The number of carbonyl (C=O) groups is 1. The van der Waals surface area contributed by atoms with Crippen LogP contribution in [0.2, 0.25) is 0 Å². The van der Waals surface area contributed by atoms with Crippen LogP contribution >= 0.6 is 0 Å². The Bertz CT molecular complexity index is 956. The largest absolute Gasteiger partial charge is 0.287 e. The molecule has 1 aromatic heterocycles. The molecule has 118 valence electrons. The van der Waals surface area contributed by atoms with Crippen molar-refractivity contribution in [1.82, 2.24) is 0 Å². The molecule has 0 unspecified atom stereocenters. The standard InChI is InChI=1S/C22H20NO/c1-15-6-5-11-23(16(15)2)14-22(24)18-9-10-21-19(13-18)12-17-7-3-4-8-20(17)21/h3-11,13H,12,14H2,1-2H3/q+1. The molecule has 4 rings (SSSR count). The SMILES string of the molecule is Cc1ccc[n+](CC(=O)c2ccc3c(c2)Cc2ccccc2-3)c1C. The Morgan fingerprint density at radius 2 is 1.75 bits per heavy atom. The molecule has 0 N–H and O–H groups in total. The van der Waals surface area contributed by atoms with Gasteiger partial charge in [0, 0.05) is 24.1 Å². The van der Waals surface area contributed by atoms with Crippen molar-refractivity contribution in [2.45, 2.75) is 26.8 Å². The summed E-state index contributed by atoms with van der Waals surface area (Å²) in [4.78, 5) is 12.7. The average Bonchev–Trinajstić information content (AvgIpc) is 2.96. The Kier molecular flexibility index (Phi) is 3.53. The molecule has 0 saturated carbocycles. The molecule has 0 fully saturated rings. The summed E-state index contributed by atoms with van der Waals surface area (Å²) in [6, 6.07) is 18.7. The summed E-state index contributed by atoms with van der Waals surface area (Å²) in [6.07, 6.45) is 2.90. The van der Waals surface area contributed by atoms with Crippen LogP contribution in [0.1, 0.15) is 32.7 Å². The van der Waals surface area contributed by atoms with Gasteiger partial charge in [0.25, 0.3) is 0 Å². The van der Waals surface area contributed by atoms with Crippen LogP contribution in [0.15, 0.2) is 60.8 Å². The average molecular weight is 314 g/mol. The summed E-state index contributed by atoms with van der Waals surface area (Å²) < 4.78 is 2.03. The number of hydrogen-bond acceptors (Lipinski definition) is 1. The van der Waals surface area contributed by atoms with Gasteiger partial charge in [0.1, 0.15) is 0 Å². The van der Waals surface area contributed by atoms with E-state index in [4.69, 9.17) is 0 Å². The van der Waals surface area contributed by atoms with Crippen LogP contribution in [0.4, 0.5) is 0 Å². The van der Waals surface area contributed by atoms with Crippen LogP contribution in [0.25, 0.3) is 11.1 Å². The van der Waals surface area contributed by atoms with E-state index in [0.29, 0.717) is 6.54 Å². The number of benzene rings is 2. The van der Waals surface area contributed by atoms with Gasteiger partial charge in [0.2, 0.25) is 12.3 Å². The van der Waals surface area contributed by atoms with E-state index in [1.165, 1.54) is 27.8 Å². The lowest BCUT2D eigenvalue weighted by Crippen LogP contribution is -2.41. The fraction of sp³-hybridized carbons (Fsp3) is 0.182. The number of Topliss-reactive ketones (excluding diaryl/α,β-unsaturated/α-hetero) is 1. The Morgan fingerprint density at radius 1 is 0.958 bits per heavy atom. The zero-order valence-electron chi connectivity index (χ0n) is 14.0. The van der Waals surface area contributed by atoms with E-state index in [-0.39, 0.29) is 5.78 Å². The first-order valence-corrected chi connectivity index (χ1v) is 8.33. The van der Waals surface area contributed by atoms with Crippen LogP contribution < -0.4 is 4.57 Å². The number of carbonyl (C=O) groups excluding carboxylic acids is 1. The second kappa shape index (κ2) is 5.72. The lowest BCUT2D eigenvalue weighted by atomic mass is 10.0. The highest BCUT2D eigenvalue weighted by Gasteiger charge is 2.21. The maximum absolute atomic E-state index is 12.7. The Hall–Kier alpha value is -2.74. The first-order valence-electron chi connectivity index (χ1n) is 8.33. The van der Waals surface area contributed by atoms with Gasteiger partial charge in [-0.3, -0.25) is 4.79 Å². The first-order chi connectivity index (χ1) is 11.6. The fourth-order valence-corrected chi connectivity index (χ4v) is 3.49. The molecular formula is C22H20NO+. The summed E-state index contributed by atoms with van der Waals surface area (Å²) in [6.45, 7) is 4.52. The number of fused-ring (bicyclic) bond motifs is 3. The topological polar surface area (TPSA) is 20.9 Å². The van der Waals surface area contributed by atoms with Crippen LogP contribution in [0.5, 0.6) is 0 Å². The van der Waals surface area contributed by atoms with Crippen molar-refractivity contribution in [1.29, 1.82) is 0 Å². The molecule has 0 atom stereocenters. The van der Waals surface area contributed by atoms with Crippen molar-refractivity contribution in [3.8, 4) is 11.1 Å². The third kappa shape index (κ3) is 2.44. The minimum Gasteiger partial charge on any atom is -0.287 e. The first kappa shape index (κ1) is 14.8. The van der Waals surface area contributed by atoms with Gasteiger partial charge in [-0.2, -0.15) is 4.57 Å². The highest BCUT2D eigenvalue weighted by atomic mass is 16.1. The summed E-state index contributed by atoms with van der Waals surface area (Å²) in [5.41, 5.74) is 8.31. The Labute approximate surface area is 142 Å². The fourth-order valence-electron chi connectivity index (χ4n) is 3.49. The van der Waals surface area contributed by atoms with Gasteiger partial charge in [-0.05, 0) is 47.7 Å². The molecule has 24 heavy (non-hydrogen) atoms. The Balaban J connectivity index is 1.63. The Morgan fingerprint density at radius 3 is 2.62 bits per heavy atom. The summed E-state index contributed by atoms with van der Waals surface area (Å²) in [7, 11) is 0. The molecule has 0 amide bonds. The van der Waals surface area contributed by atoms with Crippen LogP contribution in [0.3, 0.4) is 0 Å². The van der Waals surface area contributed by atoms with E-state index in [2.05, 4.69) is 56.3 Å². The quantitative estimate of drug-likeness (QED) is 0.413. The minimum atomic E-state index is 0.160. The molecule has 0 aliphatic heterocycles. The molecule has 3 aromatic rings. The number of ketones is 1. The van der Waals surface area contributed by atoms with E-state index in [0.717, 1.165) is 17.7 Å². The predicted molar refractivity (Wildman–Crippen MR) is 95.1 cm³/mol.